The molecule has 1 aromatic heterocycles. The summed E-state index contributed by atoms with van der Waals surface area (Å²) in [5.41, 5.74) is 4.07. The van der Waals surface area contributed by atoms with E-state index in [-0.39, 0.29) is 0 Å². The number of rotatable bonds is 11. The second kappa shape index (κ2) is 12.4. The Bertz CT molecular complexity index is 1450. The molecular formula is C29H33N3O3S2. The van der Waals surface area contributed by atoms with E-state index >= 15 is 0 Å². The molecule has 3 aromatic carbocycles. The maximum absolute atomic E-state index is 12.9. The van der Waals surface area contributed by atoms with E-state index in [1.165, 1.54) is 9.87 Å². The summed E-state index contributed by atoms with van der Waals surface area (Å²) in [6.07, 6.45) is 0.857. The van der Waals surface area contributed by atoms with Gasteiger partial charge in [0, 0.05) is 25.0 Å². The molecule has 0 aliphatic rings. The fourth-order valence-corrected chi connectivity index (χ4v) is 6.57. The third-order valence-electron chi connectivity index (χ3n) is 6.13. The van der Waals surface area contributed by atoms with Crippen molar-refractivity contribution >= 4 is 27.0 Å². The Morgan fingerprint density at radius 3 is 2.19 bits per heavy atom. The molecule has 0 radical (unpaired) electrons. The minimum Gasteiger partial charge on any atom is -0.494 e. The van der Waals surface area contributed by atoms with Crippen molar-refractivity contribution in [2.24, 2.45) is 4.99 Å². The molecule has 0 aliphatic carbocycles. The lowest BCUT2D eigenvalue weighted by Gasteiger charge is -2.18. The number of hydrogen-bond acceptors (Lipinski definition) is 5. The number of ether oxygens (including phenoxy) is 1. The van der Waals surface area contributed by atoms with Crippen molar-refractivity contribution in [3.63, 3.8) is 0 Å². The first-order chi connectivity index (χ1) is 18.0. The topological polar surface area (TPSA) is 63.9 Å². The minimum atomic E-state index is -3.50. The van der Waals surface area contributed by atoms with Crippen molar-refractivity contribution < 1.29 is 13.2 Å². The maximum Gasteiger partial charge on any atom is 0.243 e. The van der Waals surface area contributed by atoms with Crippen LogP contribution in [0.4, 0.5) is 5.69 Å². The third kappa shape index (κ3) is 6.39. The fraction of sp³-hybridized carbons (Fsp3) is 0.276. The number of hydrogen-bond donors (Lipinski definition) is 0. The molecule has 4 aromatic rings. The Morgan fingerprint density at radius 1 is 0.892 bits per heavy atom. The molecule has 0 N–H and O–H groups in total. The molecule has 4 rings (SSSR count). The first-order valence-corrected chi connectivity index (χ1v) is 14.9. The van der Waals surface area contributed by atoms with Crippen molar-refractivity contribution in [3.8, 4) is 17.0 Å². The molecule has 0 unspecified atom stereocenters. The number of nitrogens with zero attached hydrogens (tertiary/aromatic N) is 3. The van der Waals surface area contributed by atoms with Crippen molar-refractivity contribution in [1.82, 2.24) is 8.87 Å². The van der Waals surface area contributed by atoms with Gasteiger partial charge < -0.3 is 9.30 Å². The normalized spacial score (nSPS) is 12.3. The molecule has 0 saturated heterocycles. The van der Waals surface area contributed by atoms with Crippen LogP contribution in [0.3, 0.4) is 0 Å². The van der Waals surface area contributed by atoms with Crippen LogP contribution in [0.15, 0.2) is 94.1 Å². The summed E-state index contributed by atoms with van der Waals surface area (Å²) < 4.78 is 35.1. The van der Waals surface area contributed by atoms with Crippen LogP contribution in [0.1, 0.15) is 26.3 Å². The predicted octanol–water partition coefficient (Wildman–Crippen LogP) is 6.12. The van der Waals surface area contributed by atoms with Gasteiger partial charge in [0.05, 0.1) is 22.9 Å². The van der Waals surface area contributed by atoms with E-state index in [9.17, 15) is 8.42 Å². The maximum atomic E-state index is 12.9. The lowest BCUT2D eigenvalue weighted by molar-refractivity contribution is 0.340. The third-order valence-corrected chi connectivity index (χ3v) is 9.06. The van der Waals surface area contributed by atoms with Gasteiger partial charge in [-0.25, -0.2) is 13.4 Å². The van der Waals surface area contributed by atoms with Crippen LogP contribution in [0.5, 0.6) is 5.75 Å². The quantitative estimate of drug-likeness (QED) is 0.232. The standard InChI is InChI=1S/C29H33N3O3S2/c1-4-31(5-2)37(33,34)27-18-12-24(13-19-27)28-22-36-29(30-25-14-16-26(17-15-25)35-6-3)32(28)21-20-23-10-8-7-9-11-23/h7-19,22H,4-6,20-21H2,1-3H3. The molecule has 0 saturated carbocycles. The molecular weight excluding hydrogens is 502 g/mol. The first-order valence-electron chi connectivity index (χ1n) is 12.6. The molecule has 1 heterocycles. The molecule has 0 aliphatic heterocycles. The monoisotopic (exact) mass is 535 g/mol. The van der Waals surface area contributed by atoms with Gasteiger partial charge in [0.15, 0.2) is 4.80 Å². The van der Waals surface area contributed by atoms with Crippen LogP contribution in [0.2, 0.25) is 0 Å². The lowest BCUT2D eigenvalue weighted by atomic mass is 10.1. The number of thiazole rings is 1. The average Bonchev–Trinajstić information content (AvgIpc) is 3.32. The van der Waals surface area contributed by atoms with Gasteiger partial charge in [0.2, 0.25) is 10.0 Å². The molecule has 194 valence electrons. The number of benzene rings is 3. The number of aryl methyl sites for hydroxylation is 1. The molecule has 8 heteroatoms. The Hall–Kier alpha value is -3.20. The van der Waals surface area contributed by atoms with Gasteiger partial charge in [-0.3, -0.25) is 0 Å². The van der Waals surface area contributed by atoms with Crippen LogP contribution in [0.25, 0.3) is 11.3 Å². The lowest BCUT2D eigenvalue weighted by Crippen LogP contribution is -2.30. The molecule has 0 amide bonds. The van der Waals surface area contributed by atoms with Gasteiger partial charge >= 0.3 is 0 Å². The molecule has 37 heavy (non-hydrogen) atoms. The first kappa shape index (κ1) is 26.9. The summed E-state index contributed by atoms with van der Waals surface area (Å²) in [5.74, 6) is 0.824. The average molecular weight is 536 g/mol. The summed E-state index contributed by atoms with van der Waals surface area (Å²) in [7, 11) is -3.50. The van der Waals surface area contributed by atoms with Gasteiger partial charge in [0.25, 0.3) is 0 Å². The van der Waals surface area contributed by atoms with Crippen LogP contribution < -0.4 is 9.54 Å². The summed E-state index contributed by atoms with van der Waals surface area (Å²) in [4.78, 5) is 6.12. The van der Waals surface area contributed by atoms with Gasteiger partial charge in [-0.15, -0.1) is 11.3 Å². The Balaban J connectivity index is 1.71. The van der Waals surface area contributed by atoms with Crippen molar-refractivity contribution in [2.75, 3.05) is 19.7 Å². The van der Waals surface area contributed by atoms with E-state index in [0.29, 0.717) is 24.6 Å². The Morgan fingerprint density at radius 2 is 1.57 bits per heavy atom. The van der Waals surface area contributed by atoms with E-state index in [1.807, 2.05) is 63.2 Å². The van der Waals surface area contributed by atoms with Gasteiger partial charge in [-0.2, -0.15) is 4.31 Å². The van der Waals surface area contributed by atoms with E-state index < -0.39 is 10.0 Å². The zero-order chi connectivity index (χ0) is 26.3. The second-order valence-corrected chi connectivity index (χ2v) is 11.2. The predicted molar refractivity (Wildman–Crippen MR) is 151 cm³/mol. The van der Waals surface area contributed by atoms with Gasteiger partial charge in [-0.05, 0) is 60.9 Å². The highest BCUT2D eigenvalue weighted by molar-refractivity contribution is 7.89. The van der Waals surface area contributed by atoms with Crippen molar-refractivity contribution in [3.05, 3.63) is 94.6 Å². The van der Waals surface area contributed by atoms with Crippen molar-refractivity contribution in [1.29, 1.82) is 0 Å². The largest absolute Gasteiger partial charge is 0.494 e. The van der Waals surface area contributed by atoms with Crippen LogP contribution in [-0.4, -0.2) is 37.0 Å². The molecule has 0 spiro atoms. The SMILES string of the molecule is CCOc1ccc(N=c2scc(-c3ccc(S(=O)(=O)N(CC)CC)cc3)n2CCc2ccccc2)cc1. The summed E-state index contributed by atoms with van der Waals surface area (Å²) in [6, 6.07) is 25.3. The Kier molecular flexibility index (Phi) is 8.97. The highest BCUT2D eigenvalue weighted by Crippen LogP contribution is 2.25. The summed E-state index contributed by atoms with van der Waals surface area (Å²) in [5, 5.41) is 2.09. The van der Waals surface area contributed by atoms with Crippen LogP contribution >= 0.6 is 11.3 Å². The smallest absolute Gasteiger partial charge is 0.243 e. The molecule has 0 atom stereocenters. The second-order valence-electron chi connectivity index (χ2n) is 8.44. The fourth-order valence-electron chi connectivity index (χ4n) is 4.16. The van der Waals surface area contributed by atoms with Gasteiger partial charge in [0.1, 0.15) is 5.75 Å². The zero-order valence-corrected chi connectivity index (χ0v) is 23.1. The number of sulfonamides is 1. The van der Waals surface area contributed by atoms with E-state index in [1.54, 1.807) is 23.5 Å². The minimum absolute atomic E-state index is 0.310. The van der Waals surface area contributed by atoms with E-state index in [0.717, 1.165) is 40.5 Å². The van der Waals surface area contributed by atoms with Crippen LogP contribution in [-0.2, 0) is 23.0 Å². The molecule has 0 fully saturated rings. The Labute approximate surface area is 223 Å². The molecule has 0 bridgehead atoms. The summed E-state index contributed by atoms with van der Waals surface area (Å²) >= 11 is 1.58. The van der Waals surface area contributed by atoms with E-state index in [4.69, 9.17) is 9.73 Å². The van der Waals surface area contributed by atoms with Crippen LogP contribution in [0, 0.1) is 0 Å². The molecule has 6 nitrogen and oxygen atoms in total. The number of aromatic nitrogens is 1. The van der Waals surface area contributed by atoms with E-state index in [2.05, 4.69) is 34.2 Å². The zero-order valence-electron chi connectivity index (χ0n) is 21.5. The summed E-state index contributed by atoms with van der Waals surface area (Å²) in [6.45, 7) is 7.93. The highest BCUT2D eigenvalue weighted by atomic mass is 32.2. The van der Waals surface area contributed by atoms with Crippen molar-refractivity contribution in [2.45, 2.75) is 38.6 Å². The highest BCUT2D eigenvalue weighted by Gasteiger charge is 2.21. The van der Waals surface area contributed by atoms with Gasteiger partial charge in [-0.1, -0.05) is 56.3 Å².